The van der Waals surface area contributed by atoms with Gasteiger partial charge in [-0.05, 0) is 42.7 Å². The van der Waals surface area contributed by atoms with Crippen LogP contribution < -0.4 is 0 Å². The highest BCUT2D eigenvalue weighted by Gasteiger charge is 2.38. The van der Waals surface area contributed by atoms with Crippen LogP contribution in [0.5, 0.6) is 0 Å². The zero-order valence-electron chi connectivity index (χ0n) is 14.4. The molecular formula is C18H24Cl2O5S. The first-order valence-corrected chi connectivity index (χ1v) is 10.3. The van der Waals surface area contributed by atoms with Gasteiger partial charge in [0, 0.05) is 15.8 Å². The molecule has 0 aliphatic carbocycles. The predicted molar refractivity (Wildman–Crippen MR) is 105 cm³/mol. The summed E-state index contributed by atoms with van der Waals surface area (Å²) in [6, 6.07) is 5.53. The number of carbonyl (C=O) groups is 2. The fraction of sp³-hybridized carbons (Fsp3) is 0.556. The van der Waals surface area contributed by atoms with E-state index in [0.717, 1.165) is 44.1 Å². The normalized spacial score (nSPS) is 13.3. The Morgan fingerprint density at radius 1 is 1.04 bits per heavy atom. The zero-order valence-corrected chi connectivity index (χ0v) is 16.7. The van der Waals surface area contributed by atoms with Gasteiger partial charge in [-0.3, -0.25) is 4.79 Å². The molecule has 1 aromatic carbocycles. The fourth-order valence-corrected chi connectivity index (χ4v) is 4.07. The number of hydrogen-bond acceptors (Lipinski definition) is 4. The molecule has 1 atom stereocenters. The summed E-state index contributed by atoms with van der Waals surface area (Å²) in [6.07, 6.45) is 5.19. The lowest BCUT2D eigenvalue weighted by Gasteiger charge is -2.20. The highest BCUT2D eigenvalue weighted by molar-refractivity contribution is 7.99. The molecule has 8 heteroatoms. The highest BCUT2D eigenvalue weighted by Crippen LogP contribution is 2.23. The molecule has 0 heterocycles. The smallest absolute Gasteiger partial charge is 0.337 e. The molecule has 1 aromatic rings. The molecular weight excluding hydrogens is 399 g/mol. The Hall–Kier alpha value is -0.950. The second-order valence-electron chi connectivity index (χ2n) is 6.21. The van der Waals surface area contributed by atoms with E-state index in [1.54, 1.807) is 6.07 Å². The number of benzene rings is 1. The first kappa shape index (κ1) is 23.1. The van der Waals surface area contributed by atoms with Gasteiger partial charge in [0.25, 0.3) is 0 Å². The second kappa shape index (κ2) is 11.7. The van der Waals surface area contributed by atoms with Crippen LogP contribution in [0.1, 0.15) is 44.1 Å². The van der Waals surface area contributed by atoms with Crippen LogP contribution in [0.3, 0.4) is 0 Å². The highest BCUT2D eigenvalue weighted by atomic mass is 35.5. The van der Waals surface area contributed by atoms with Crippen molar-refractivity contribution in [1.29, 1.82) is 0 Å². The molecule has 0 saturated heterocycles. The molecule has 3 N–H and O–H groups in total. The second-order valence-corrected chi connectivity index (χ2v) is 8.16. The standard InChI is InChI=1S/C18H24Cl2O5S/c19-14-8-7-13(15(20)10-14)6-4-2-1-3-5-9-26-12-18(25,17(23)24)11-16(21)22/h7-8,10,25H,1-6,9,11-12H2,(H,21,22)(H,23,24)/t18-/m1/s1. The van der Waals surface area contributed by atoms with Crippen molar-refractivity contribution < 1.29 is 24.9 Å². The van der Waals surface area contributed by atoms with Crippen LogP contribution in [0.25, 0.3) is 0 Å². The van der Waals surface area contributed by atoms with Crippen molar-refractivity contribution in [3.8, 4) is 0 Å². The molecule has 26 heavy (non-hydrogen) atoms. The van der Waals surface area contributed by atoms with Gasteiger partial charge in [0.05, 0.1) is 6.42 Å². The van der Waals surface area contributed by atoms with Gasteiger partial charge < -0.3 is 15.3 Å². The number of hydrogen-bond donors (Lipinski definition) is 3. The third-order valence-electron chi connectivity index (χ3n) is 3.93. The molecule has 0 amide bonds. The maximum Gasteiger partial charge on any atom is 0.337 e. The Balaban J connectivity index is 2.12. The average Bonchev–Trinajstić information content (AvgIpc) is 2.54. The topological polar surface area (TPSA) is 94.8 Å². The first-order chi connectivity index (χ1) is 12.2. The molecule has 0 radical (unpaired) electrons. The molecule has 0 aromatic heterocycles. The average molecular weight is 423 g/mol. The Bertz CT molecular complexity index is 611. The molecule has 0 saturated carbocycles. The van der Waals surface area contributed by atoms with Gasteiger partial charge in [0.15, 0.2) is 5.60 Å². The molecule has 1 rings (SSSR count). The number of thioether (sulfide) groups is 1. The summed E-state index contributed by atoms with van der Waals surface area (Å²) < 4.78 is 0. The molecule has 0 aliphatic rings. The maximum atomic E-state index is 11.0. The summed E-state index contributed by atoms with van der Waals surface area (Å²) in [5, 5.41) is 28.8. The van der Waals surface area contributed by atoms with Crippen LogP contribution in [0.15, 0.2) is 18.2 Å². The summed E-state index contributed by atoms with van der Waals surface area (Å²) >= 11 is 13.3. The third kappa shape index (κ3) is 8.62. The Morgan fingerprint density at radius 3 is 2.31 bits per heavy atom. The summed E-state index contributed by atoms with van der Waals surface area (Å²) in [5.74, 6) is -2.24. The minimum Gasteiger partial charge on any atom is -0.481 e. The van der Waals surface area contributed by atoms with E-state index in [1.165, 1.54) is 11.8 Å². The van der Waals surface area contributed by atoms with E-state index in [1.807, 2.05) is 12.1 Å². The molecule has 0 unspecified atom stereocenters. The first-order valence-electron chi connectivity index (χ1n) is 8.44. The van der Waals surface area contributed by atoms with Gasteiger partial charge in [0.1, 0.15) is 0 Å². The van der Waals surface area contributed by atoms with E-state index in [2.05, 4.69) is 0 Å². The van der Waals surface area contributed by atoms with E-state index < -0.39 is 24.0 Å². The number of carboxylic acid groups (broad SMARTS) is 2. The number of aliphatic carboxylic acids is 2. The largest absolute Gasteiger partial charge is 0.481 e. The monoisotopic (exact) mass is 422 g/mol. The van der Waals surface area contributed by atoms with Crippen molar-refractivity contribution in [2.45, 2.75) is 50.5 Å². The number of carboxylic acids is 2. The SMILES string of the molecule is O=C(O)C[C@@](O)(CSCCCCCCCc1ccc(Cl)cc1Cl)C(=O)O. The van der Waals surface area contributed by atoms with Crippen LogP contribution in [-0.4, -0.2) is 44.4 Å². The van der Waals surface area contributed by atoms with Gasteiger partial charge in [-0.15, -0.1) is 0 Å². The van der Waals surface area contributed by atoms with E-state index >= 15 is 0 Å². The van der Waals surface area contributed by atoms with Crippen molar-refractivity contribution in [2.75, 3.05) is 11.5 Å². The van der Waals surface area contributed by atoms with Crippen LogP contribution in [0, 0.1) is 0 Å². The summed E-state index contributed by atoms with van der Waals surface area (Å²) in [5.41, 5.74) is -1.10. The number of halogens is 2. The van der Waals surface area contributed by atoms with E-state index in [-0.39, 0.29) is 5.75 Å². The fourth-order valence-electron chi connectivity index (χ4n) is 2.45. The molecule has 0 spiro atoms. The number of rotatable bonds is 13. The quantitative estimate of drug-likeness (QED) is 0.404. The zero-order chi connectivity index (χ0) is 19.6. The van der Waals surface area contributed by atoms with Gasteiger partial charge in [-0.2, -0.15) is 11.8 Å². The number of aryl methyl sites for hydroxylation is 1. The predicted octanol–water partition coefficient (Wildman–Crippen LogP) is 4.51. The molecule has 0 fully saturated rings. The third-order valence-corrected chi connectivity index (χ3v) is 5.78. The minimum atomic E-state index is -2.20. The van der Waals surface area contributed by atoms with Crippen molar-refractivity contribution in [3.05, 3.63) is 33.8 Å². The van der Waals surface area contributed by atoms with E-state index in [4.69, 9.17) is 33.4 Å². The molecule has 0 aliphatic heterocycles. The molecule has 0 bridgehead atoms. The van der Waals surface area contributed by atoms with Gasteiger partial charge in [-0.25, -0.2) is 4.79 Å². The minimum absolute atomic E-state index is 0.121. The van der Waals surface area contributed by atoms with Crippen molar-refractivity contribution >= 4 is 46.9 Å². The Morgan fingerprint density at radius 2 is 1.69 bits per heavy atom. The van der Waals surface area contributed by atoms with Crippen LogP contribution in [0.2, 0.25) is 10.0 Å². The van der Waals surface area contributed by atoms with E-state index in [9.17, 15) is 14.7 Å². The lowest BCUT2D eigenvalue weighted by atomic mass is 10.0. The lowest BCUT2D eigenvalue weighted by molar-refractivity contribution is -0.162. The van der Waals surface area contributed by atoms with Gasteiger partial charge in [0.2, 0.25) is 0 Å². The lowest BCUT2D eigenvalue weighted by Crippen LogP contribution is -2.43. The summed E-state index contributed by atoms with van der Waals surface area (Å²) in [4.78, 5) is 21.7. The van der Waals surface area contributed by atoms with Crippen molar-refractivity contribution in [3.63, 3.8) is 0 Å². The van der Waals surface area contributed by atoms with E-state index in [0.29, 0.717) is 15.8 Å². The maximum absolute atomic E-state index is 11.0. The Kier molecular flexibility index (Phi) is 10.4. The summed E-state index contributed by atoms with van der Waals surface area (Å²) in [6.45, 7) is 0. The molecule has 146 valence electrons. The Labute approximate surface area is 167 Å². The van der Waals surface area contributed by atoms with Crippen LogP contribution in [0.4, 0.5) is 0 Å². The van der Waals surface area contributed by atoms with Gasteiger partial charge in [-0.1, -0.05) is 48.5 Å². The van der Waals surface area contributed by atoms with Gasteiger partial charge >= 0.3 is 11.9 Å². The van der Waals surface area contributed by atoms with Crippen molar-refractivity contribution in [1.82, 2.24) is 0 Å². The number of unbranched alkanes of at least 4 members (excludes halogenated alkanes) is 4. The summed E-state index contributed by atoms with van der Waals surface area (Å²) in [7, 11) is 0. The van der Waals surface area contributed by atoms with Crippen LogP contribution >= 0.6 is 35.0 Å². The number of aliphatic hydroxyl groups is 1. The van der Waals surface area contributed by atoms with Crippen LogP contribution in [-0.2, 0) is 16.0 Å². The molecule has 5 nitrogen and oxygen atoms in total. The van der Waals surface area contributed by atoms with Crippen molar-refractivity contribution in [2.24, 2.45) is 0 Å².